The number of hydrogen-bond donors (Lipinski definition) is 2. The van der Waals surface area contributed by atoms with Gasteiger partial charge in [-0.1, -0.05) is 0 Å². The minimum absolute atomic E-state index is 0.109. The van der Waals surface area contributed by atoms with Crippen molar-refractivity contribution in [1.82, 2.24) is 20.4 Å². The van der Waals surface area contributed by atoms with E-state index >= 15 is 0 Å². The van der Waals surface area contributed by atoms with Gasteiger partial charge in [0.15, 0.2) is 0 Å². The van der Waals surface area contributed by atoms with E-state index in [1.54, 1.807) is 0 Å². The van der Waals surface area contributed by atoms with Crippen molar-refractivity contribution in [3.63, 3.8) is 0 Å². The maximum atomic E-state index is 12.6. The Morgan fingerprint density at radius 2 is 1.67 bits per heavy atom. The summed E-state index contributed by atoms with van der Waals surface area (Å²) >= 11 is 0. The Morgan fingerprint density at radius 1 is 1.00 bits per heavy atom. The summed E-state index contributed by atoms with van der Waals surface area (Å²) in [5.74, 6) is 0.472. The summed E-state index contributed by atoms with van der Waals surface area (Å²) in [4.78, 5) is 28.4. The number of esters is 1. The number of carbonyl (C=O) groups is 2. The summed E-state index contributed by atoms with van der Waals surface area (Å²) in [5, 5.41) is 6.67. The van der Waals surface area contributed by atoms with E-state index in [9.17, 15) is 9.59 Å². The van der Waals surface area contributed by atoms with Gasteiger partial charge in [-0.25, -0.2) is 4.79 Å². The molecule has 1 saturated carbocycles. The summed E-state index contributed by atoms with van der Waals surface area (Å²) in [6.07, 6.45) is 8.10. The second kappa shape index (κ2) is 10.3. The molecule has 7 nitrogen and oxygen atoms in total. The van der Waals surface area contributed by atoms with Gasteiger partial charge in [0.1, 0.15) is 0 Å². The lowest BCUT2D eigenvalue weighted by Gasteiger charge is -2.41. The Hall–Kier alpha value is -1.34. The van der Waals surface area contributed by atoms with Crippen LogP contribution in [-0.2, 0) is 9.53 Å². The fourth-order valence-corrected chi connectivity index (χ4v) is 4.75. The zero-order valence-corrected chi connectivity index (χ0v) is 16.8. The molecule has 0 unspecified atom stereocenters. The third-order valence-electron chi connectivity index (χ3n) is 6.59. The highest BCUT2D eigenvalue weighted by molar-refractivity contribution is 5.74. The first kappa shape index (κ1) is 20.4. The quantitative estimate of drug-likeness (QED) is 0.709. The summed E-state index contributed by atoms with van der Waals surface area (Å²) in [6.45, 7) is 5.91. The number of hydrogen-bond acceptors (Lipinski definition) is 5. The minimum atomic E-state index is -0.117. The van der Waals surface area contributed by atoms with Crippen molar-refractivity contribution < 1.29 is 14.3 Å². The molecule has 0 aromatic rings. The number of ether oxygens (including phenoxy) is 1. The van der Waals surface area contributed by atoms with E-state index in [1.807, 2.05) is 4.90 Å². The van der Waals surface area contributed by atoms with Gasteiger partial charge in [-0.2, -0.15) is 0 Å². The van der Waals surface area contributed by atoms with Crippen molar-refractivity contribution in [2.75, 3.05) is 46.4 Å². The Labute approximate surface area is 163 Å². The SMILES string of the molecule is COC(=O)CCC1CCC(NC(=O)N2CCN(C3CCNCC3)CC2)CC1. The molecule has 2 N–H and O–H groups in total. The Kier molecular flexibility index (Phi) is 7.76. The van der Waals surface area contributed by atoms with Gasteiger partial charge in [-0.05, 0) is 64.0 Å². The Bertz CT molecular complexity index is 480. The number of nitrogens with zero attached hydrogens (tertiary/aromatic N) is 2. The number of amides is 2. The van der Waals surface area contributed by atoms with Crippen LogP contribution in [0.5, 0.6) is 0 Å². The number of urea groups is 1. The van der Waals surface area contributed by atoms with E-state index in [4.69, 9.17) is 4.74 Å². The summed E-state index contributed by atoms with van der Waals surface area (Å²) in [6, 6.07) is 1.09. The fourth-order valence-electron chi connectivity index (χ4n) is 4.75. The van der Waals surface area contributed by atoms with Crippen molar-refractivity contribution in [3.8, 4) is 0 Å². The Morgan fingerprint density at radius 3 is 2.30 bits per heavy atom. The van der Waals surface area contributed by atoms with E-state index in [0.717, 1.165) is 71.4 Å². The second-order valence-corrected chi connectivity index (χ2v) is 8.29. The van der Waals surface area contributed by atoms with Gasteiger partial charge >= 0.3 is 12.0 Å². The highest BCUT2D eigenvalue weighted by Gasteiger charge is 2.29. The number of methoxy groups -OCH3 is 1. The van der Waals surface area contributed by atoms with Crippen LogP contribution in [0, 0.1) is 5.92 Å². The third-order valence-corrected chi connectivity index (χ3v) is 6.59. The molecule has 2 amide bonds. The molecule has 3 fully saturated rings. The van der Waals surface area contributed by atoms with Gasteiger partial charge in [0.05, 0.1) is 7.11 Å². The normalized spacial score (nSPS) is 28.0. The smallest absolute Gasteiger partial charge is 0.317 e. The molecule has 0 spiro atoms. The molecule has 3 rings (SSSR count). The van der Waals surface area contributed by atoms with Crippen molar-refractivity contribution in [1.29, 1.82) is 0 Å². The van der Waals surface area contributed by atoms with Crippen LogP contribution < -0.4 is 10.6 Å². The summed E-state index contributed by atoms with van der Waals surface area (Å²) in [5.41, 5.74) is 0. The highest BCUT2D eigenvalue weighted by atomic mass is 16.5. The van der Waals surface area contributed by atoms with Gasteiger partial charge in [0.2, 0.25) is 0 Å². The van der Waals surface area contributed by atoms with Crippen molar-refractivity contribution >= 4 is 12.0 Å². The predicted octanol–water partition coefficient (Wildman–Crippen LogP) is 1.58. The monoisotopic (exact) mass is 380 g/mol. The minimum Gasteiger partial charge on any atom is -0.469 e. The van der Waals surface area contributed by atoms with E-state index < -0.39 is 0 Å². The second-order valence-electron chi connectivity index (χ2n) is 8.29. The maximum Gasteiger partial charge on any atom is 0.317 e. The number of piperidine rings is 1. The molecule has 27 heavy (non-hydrogen) atoms. The van der Waals surface area contributed by atoms with E-state index in [0.29, 0.717) is 18.4 Å². The molecule has 0 aromatic heterocycles. The van der Waals surface area contributed by atoms with Crippen LogP contribution in [0.15, 0.2) is 0 Å². The topological polar surface area (TPSA) is 73.9 Å². The van der Waals surface area contributed by atoms with Gasteiger partial charge in [0.25, 0.3) is 0 Å². The highest BCUT2D eigenvalue weighted by Crippen LogP contribution is 2.28. The molecule has 2 aliphatic heterocycles. The molecule has 2 saturated heterocycles. The molecular weight excluding hydrogens is 344 g/mol. The maximum absolute atomic E-state index is 12.6. The molecule has 154 valence electrons. The van der Waals surface area contributed by atoms with Crippen LogP contribution >= 0.6 is 0 Å². The standard InChI is InChI=1S/C20H36N4O3/c1-27-19(25)7-4-16-2-5-17(6-3-16)22-20(26)24-14-12-23(13-15-24)18-8-10-21-11-9-18/h16-18,21H,2-15H2,1H3,(H,22,26). The molecule has 0 atom stereocenters. The molecule has 0 radical (unpaired) electrons. The molecule has 0 aromatic carbocycles. The van der Waals surface area contributed by atoms with Crippen molar-refractivity contribution in [2.24, 2.45) is 5.92 Å². The first-order chi connectivity index (χ1) is 13.2. The molecule has 1 aliphatic carbocycles. The lowest BCUT2D eigenvalue weighted by Crippen LogP contribution is -2.56. The van der Waals surface area contributed by atoms with Crippen LogP contribution in [0.25, 0.3) is 0 Å². The summed E-state index contributed by atoms with van der Waals surface area (Å²) < 4.78 is 4.72. The van der Waals surface area contributed by atoms with Gasteiger partial charge in [-0.15, -0.1) is 0 Å². The zero-order chi connectivity index (χ0) is 19.1. The number of carbonyl (C=O) groups excluding carboxylic acids is 2. The van der Waals surface area contributed by atoms with E-state index in [2.05, 4.69) is 15.5 Å². The third kappa shape index (κ3) is 6.07. The molecule has 0 bridgehead atoms. The van der Waals surface area contributed by atoms with Crippen LogP contribution in [-0.4, -0.2) is 80.3 Å². The molecule has 2 heterocycles. The molecule has 7 heteroatoms. The van der Waals surface area contributed by atoms with E-state index in [-0.39, 0.29) is 18.0 Å². The number of piperazine rings is 1. The molecule has 3 aliphatic rings. The van der Waals surface area contributed by atoms with Gasteiger partial charge < -0.3 is 20.3 Å². The number of rotatable bonds is 5. The van der Waals surface area contributed by atoms with E-state index in [1.165, 1.54) is 20.0 Å². The number of nitrogens with one attached hydrogen (secondary N) is 2. The first-order valence-corrected chi connectivity index (χ1v) is 10.7. The average molecular weight is 381 g/mol. The first-order valence-electron chi connectivity index (χ1n) is 10.7. The van der Waals surface area contributed by atoms with Crippen LogP contribution in [0.3, 0.4) is 0 Å². The Balaban J connectivity index is 1.32. The van der Waals surface area contributed by atoms with Crippen LogP contribution in [0.1, 0.15) is 51.4 Å². The average Bonchev–Trinajstić information content (AvgIpc) is 2.73. The fraction of sp³-hybridized carbons (Fsp3) is 0.900. The van der Waals surface area contributed by atoms with Gasteiger partial charge in [-0.3, -0.25) is 9.69 Å². The van der Waals surface area contributed by atoms with Gasteiger partial charge in [0, 0.05) is 44.7 Å². The lowest BCUT2D eigenvalue weighted by atomic mass is 9.83. The molecular formula is C20H36N4O3. The van der Waals surface area contributed by atoms with Crippen molar-refractivity contribution in [2.45, 2.75) is 63.5 Å². The summed E-state index contributed by atoms with van der Waals surface area (Å²) in [7, 11) is 1.45. The predicted molar refractivity (Wildman–Crippen MR) is 105 cm³/mol. The lowest BCUT2D eigenvalue weighted by molar-refractivity contribution is -0.141. The largest absolute Gasteiger partial charge is 0.469 e. The zero-order valence-electron chi connectivity index (χ0n) is 16.8. The van der Waals surface area contributed by atoms with Crippen LogP contribution in [0.2, 0.25) is 0 Å². The van der Waals surface area contributed by atoms with Crippen LogP contribution in [0.4, 0.5) is 4.79 Å². The van der Waals surface area contributed by atoms with Crippen molar-refractivity contribution in [3.05, 3.63) is 0 Å².